The van der Waals surface area contributed by atoms with Gasteiger partial charge in [-0.25, -0.2) is 4.39 Å². The Morgan fingerprint density at radius 1 is 1.32 bits per heavy atom. The van der Waals surface area contributed by atoms with Gasteiger partial charge in [-0.3, -0.25) is 4.79 Å². The predicted molar refractivity (Wildman–Crippen MR) is 84.3 cm³/mol. The Labute approximate surface area is 142 Å². The third-order valence-corrected chi connectivity index (χ3v) is 3.26. The summed E-state index contributed by atoms with van der Waals surface area (Å²) < 4.78 is 51.6. The standard InChI is InChI=1S/C17H17F4N3O/c1-10(9-22)14(17(19,20)21)7-11(2)24-16(25)15(23)8-12-3-5-13(18)6-4-12/h3-7,15H,8,23H2,1-2H3,(H,24,25)/b11-7+,14-10-. The van der Waals surface area contributed by atoms with Crippen LogP contribution in [0.2, 0.25) is 0 Å². The number of nitriles is 1. The Balaban J connectivity index is 2.84. The van der Waals surface area contributed by atoms with E-state index >= 15 is 0 Å². The van der Waals surface area contributed by atoms with Crippen molar-refractivity contribution in [2.45, 2.75) is 32.5 Å². The number of hydrogen-bond donors (Lipinski definition) is 2. The molecule has 1 aromatic carbocycles. The number of nitrogens with one attached hydrogen (secondary N) is 1. The molecule has 0 spiro atoms. The van der Waals surface area contributed by atoms with Crippen LogP contribution >= 0.6 is 0 Å². The summed E-state index contributed by atoms with van der Waals surface area (Å²) in [6, 6.07) is 5.78. The highest BCUT2D eigenvalue weighted by molar-refractivity contribution is 5.83. The smallest absolute Gasteiger partial charge is 0.329 e. The largest absolute Gasteiger partial charge is 0.417 e. The van der Waals surface area contributed by atoms with E-state index in [4.69, 9.17) is 11.0 Å². The van der Waals surface area contributed by atoms with Gasteiger partial charge < -0.3 is 11.1 Å². The Kier molecular flexibility index (Phi) is 6.88. The van der Waals surface area contributed by atoms with Crippen LogP contribution in [0.1, 0.15) is 19.4 Å². The van der Waals surface area contributed by atoms with Crippen LogP contribution in [0.25, 0.3) is 0 Å². The van der Waals surface area contributed by atoms with Gasteiger partial charge in [0, 0.05) is 11.3 Å². The van der Waals surface area contributed by atoms with Gasteiger partial charge in [-0.15, -0.1) is 0 Å². The van der Waals surface area contributed by atoms with Gasteiger partial charge in [0.05, 0.1) is 17.7 Å². The molecular weight excluding hydrogens is 338 g/mol. The number of rotatable bonds is 5. The van der Waals surface area contributed by atoms with Crippen LogP contribution in [0.4, 0.5) is 17.6 Å². The van der Waals surface area contributed by atoms with Crippen LogP contribution in [0.5, 0.6) is 0 Å². The first-order valence-electron chi connectivity index (χ1n) is 7.22. The molecule has 0 fully saturated rings. The molecule has 8 heteroatoms. The van der Waals surface area contributed by atoms with E-state index in [2.05, 4.69) is 5.32 Å². The first-order chi connectivity index (χ1) is 11.5. The highest BCUT2D eigenvalue weighted by atomic mass is 19.4. The van der Waals surface area contributed by atoms with Gasteiger partial charge in [0.15, 0.2) is 0 Å². The summed E-state index contributed by atoms with van der Waals surface area (Å²) in [5.74, 6) is -1.12. The minimum atomic E-state index is -4.72. The monoisotopic (exact) mass is 355 g/mol. The number of allylic oxidation sites excluding steroid dienone is 4. The predicted octanol–water partition coefficient (Wildman–Crippen LogP) is 3.12. The van der Waals surface area contributed by atoms with E-state index in [0.717, 1.165) is 6.92 Å². The van der Waals surface area contributed by atoms with E-state index in [0.29, 0.717) is 11.6 Å². The molecule has 0 bridgehead atoms. The molecule has 1 unspecified atom stereocenters. The molecule has 0 aliphatic carbocycles. The second-order valence-electron chi connectivity index (χ2n) is 5.40. The molecule has 0 aromatic heterocycles. The number of nitrogens with zero attached hydrogens (tertiary/aromatic N) is 1. The van der Waals surface area contributed by atoms with Gasteiger partial charge >= 0.3 is 6.18 Å². The minimum absolute atomic E-state index is 0.0958. The molecule has 1 amide bonds. The van der Waals surface area contributed by atoms with Gasteiger partial charge in [0.2, 0.25) is 5.91 Å². The van der Waals surface area contributed by atoms with E-state index in [9.17, 15) is 22.4 Å². The highest BCUT2D eigenvalue weighted by Crippen LogP contribution is 2.29. The summed E-state index contributed by atoms with van der Waals surface area (Å²) in [5, 5.41) is 10.9. The molecule has 25 heavy (non-hydrogen) atoms. The van der Waals surface area contributed by atoms with E-state index in [1.807, 2.05) is 0 Å². The van der Waals surface area contributed by atoms with Gasteiger partial charge in [-0.05, 0) is 44.0 Å². The van der Waals surface area contributed by atoms with Crippen molar-refractivity contribution in [3.63, 3.8) is 0 Å². The van der Waals surface area contributed by atoms with Crippen LogP contribution in [0.15, 0.2) is 47.2 Å². The SMILES string of the molecule is C/C(C#N)=C(\C=C(/C)NC(=O)C(N)Cc1ccc(F)cc1)C(F)(F)F. The number of carbonyl (C=O) groups is 1. The van der Waals surface area contributed by atoms with Crippen molar-refractivity contribution in [2.75, 3.05) is 0 Å². The van der Waals surface area contributed by atoms with Gasteiger partial charge in [0.25, 0.3) is 0 Å². The maximum Gasteiger partial charge on any atom is 0.417 e. The van der Waals surface area contributed by atoms with Crippen molar-refractivity contribution in [1.29, 1.82) is 5.26 Å². The minimum Gasteiger partial charge on any atom is -0.329 e. The lowest BCUT2D eigenvalue weighted by molar-refractivity contribution is -0.121. The van der Waals surface area contributed by atoms with Crippen molar-refractivity contribution in [3.8, 4) is 6.07 Å². The van der Waals surface area contributed by atoms with Crippen LogP contribution < -0.4 is 11.1 Å². The Bertz CT molecular complexity index is 728. The van der Waals surface area contributed by atoms with Crippen LogP contribution in [0, 0.1) is 17.1 Å². The third kappa shape index (κ3) is 6.39. The molecule has 3 N–H and O–H groups in total. The normalized spacial score (nSPS) is 14.4. The van der Waals surface area contributed by atoms with Crippen LogP contribution in [-0.4, -0.2) is 18.1 Å². The molecule has 0 saturated heterocycles. The number of amides is 1. The van der Waals surface area contributed by atoms with Gasteiger partial charge in [0.1, 0.15) is 5.82 Å². The molecular formula is C17H17F4N3O. The number of benzene rings is 1. The first kappa shape index (κ1) is 20.4. The molecule has 0 aliphatic heterocycles. The maximum atomic E-state index is 12.9. The quantitative estimate of drug-likeness (QED) is 0.484. The third-order valence-electron chi connectivity index (χ3n) is 3.26. The number of hydrogen-bond acceptors (Lipinski definition) is 3. The van der Waals surface area contributed by atoms with E-state index in [-0.39, 0.29) is 12.1 Å². The summed E-state index contributed by atoms with van der Waals surface area (Å²) >= 11 is 0. The molecule has 0 radical (unpaired) electrons. The Morgan fingerprint density at radius 2 is 1.88 bits per heavy atom. The lowest BCUT2D eigenvalue weighted by Gasteiger charge is -2.14. The molecule has 134 valence electrons. The topological polar surface area (TPSA) is 78.9 Å². The van der Waals surface area contributed by atoms with Crippen LogP contribution in [0.3, 0.4) is 0 Å². The van der Waals surface area contributed by atoms with Gasteiger partial charge in [-0.2, -0.15) is 18.4 Å². The second-order valence-corrected chi connectivity index (χ2v) is 5.40. The van der Waals surface area contributed by atoms with Crippen molar-refractivity contribution in [2.24, 2.45) is 5.73 Å². The van der Waals surface area contributed by atoms with Crippen molar-refractivity contribution >= 4 is 5.91 Å². The van der Waals surface area contributed by atoms with Crippen molar-refractivity contribution in [3.05, 3.63) is 58.6 Å². The summed E-state index contributed by atoms with van der Waals surface area (Å²) in [6.45, 7) is 2.30. The molecule has 0 heterocycles. The Hall–Kier alpha value is -2.66. The fraction of sp³-hybridized carbons (Fsp3) is 0.294. The Morgan fingerprint density at radius 3 is 2.36 bits per heavy atom. The van der Waals surface area contributed by atoms with Crippen molar-refractivity contribution in [1.82, 2.24) is 5.32 Å². The number of alkyl halides is 3. The highest BCUT2D eigenvalue weighted by Gasteiger charge is 2.34. The molecule has 1 rings (SSSR count). The average molecular weight is 355 g/mol. The lowest BCUT2D eigenvalue weighted by atomic mass is 10.1. The molecule has 0 saturated carbocycles. The fourth-order valence-electron chi connectivity index (χ4n) is 1.97. The van der Waals surface area contributed by atoms with E-state index in [1.165, 1.54) is 37.3 Å². The van der Waals surface area contributed by atoms with Crippen molar-refractivity contribution < 1.29 is 22.4 Å². The number of nitrogens with two attached hydrogens (primary N) is 1. The fourth-order valence-corrected chi connectivity index (χ4v) is 1.97. The summed E-state index contributed by atoms with van der Waals surface area (Å²) in [4.78, 5) is 12.0. The summed E-state index contributed by atoms with van der Waals surface area (Å²) in [5.41, 5.74) is 4.58. The van der Waals surface area contributed by atoms with Crippen LogP contribution in [-0.2, 0) is 11.2 Å². The zero-order valence-corrected chi connectivity index (χ0v) is 13.6. The zero-order valence-electron chi connectivity index (χ0n) is 13.6. The average Bonchev–Trinajstić information content (AvgIpc) is 2.52. The summed E-state index contributed by atoms with van der Waals surface area (Å²) in [7, 11) is 0. The molecule has 1 aromatic rings. The van der Waals surface area contributed by atoms with Gasteiger partial charge in [-0.1, -0.05) is 12.1 Å². The number of halogens is 4. The maximum absolute atomic E-state index is 12.9. The zero-order chi connectivity index (χ0) is 19.2. The summed E-state index contributed by atoms with van der Waals surface area (Å²) in [6.07, 6.45) is -3.94. The van der Waals surface area contributed by atoms with E-state index in [1.54, 1.807) is 0 Å². The molecule has 1 atom stereocenters. The molecule has 0 aliphatic rings. The lowest BCUT2D eigenvalue weighted by Crippen LogP contribution is -2.41. The second kappa shape index (κ2) is 8.44. The molecule has 4 nitrogen and oxygen atoms in total. The number of carbonyl (C=O) groups excluding carboxylic acids is 1. The van der Waals surface area contributed by atoms with E-state index < -0.39 is 35.1 Å². The first-order valence-corrected chi connectivity index (χ1v) is 7.22.